The minimum Gasteiger partial charge on any atom is -0.493 e. The maximum atomic E-state index is 13.8. The van der Waals surface area contributed by atoms with Crippen LogP contribution in [0.4, 0.5) is 0 Å². The molecular formula is C33H31N3O4. The Morgan fingerprint density at radius 2 is 1.77 bits per heavy atom. The highest BCUT2D eigenvalue weighted by Crippen LogP contribution is 2.32. The number of fused-ring (bicyclic) bond motifs is 4. The number of ether oxygens (including phenoxy) is 3. The van der Waals surface area contributed by atoms with E-state index in [0.717, 1.165) is 44.6 Å². The highest BCUT2D eigenvalue weighted by molar-refractivity contribution is 6.14. The molecule has 0 saturated heterocycles. The van der Waals surface area contributed by atoms with Gasteiger partial charge >= 0.3 is 0 Å². The predicted molar refractivity (Wildman–Crippen MR) is 157 cm³/mol. The zero-order chi connectivity index (χ0) is 27.8. The van der Waals surface area contributed by atoms with E-state index in [1.165, 1.54) is 0 Å². The van der Waals surface area contributed by atoms with Crippen LogP contribution in [0.15, 0.2) is 71.9 Å². The van der Waals surface area contributed by atoms with Gasteiger partial charge in [-0.15, -0.1) is 0 Å². The van der Waals surface area contributed by atoms with Crippen molar-refractivity contribution in [3.05, 3.63) is 101 Å². The predicted octanol–water partition coefficient (Wildman–Crippen LogP) is 6.03. The van der Waals surface area contributed by atoms with Gasteiger partial charge in [0.1, 0.15) is 11.4 Å². The second-order valence-electron chi connectivity index (χ2n) is 9.89. The number of aryl methyl sites for hydroxylation is 1. The summed E-state index contributed by atoms with van der Waals surface area (Å²) in [6.45, 7) is 4.66. The number of methoxy groups -OCH3 is 2. The summed E-state index contributed by atoms with van der Waals surface area (Å²) >= 11 is 0. The minimum absolute atomic E-state index is 0.0708. The third-order valence-electron chi connectivity index (χ3n) is 7.53. The number of carbonyl (C=O) groups is 1. The molecule has 0 amide bonds. The monoisotopic (exact) mass is 533 g/mol. The molecule has 7 nitrogen and oxygen atoms in total. The number of nitrogens with zero attached hydrogens (tertiary/aromatic N) is 3. The van der Waals surface area contributed by atoms with Crippen molar-refractivity contribution in [1.82, 2.24) is 9.38 Å². The van der Waals surface area contributed by atoms with E-state index in [9.17, 15) is 4.79 Å². The number of rotatable bonds is 8. The molecule has 202 valence electrons. The lowest BCUT2D eigenvalue weighted by Crippen LogP contribution is -2.18. The van der Waals surface area contributed by atoms with Crippen LogP contribution < -0.4 is 14.2 Å². The van der Waals surface area contributed by atoms with Gasteiger partial charge in [-0.05, 0) is 65.6 Å². The molecule has 0 bridgehead atoms. The summed E-state index contributed by atoms with van der Waals surface area (Å²) in [5, 5.41) is 2.20. The van der Waals surface area contributed by atoms with E-state index in [4.69, 9.17) is 24.2 Å². The molecular weight excluding hydrogens is 502 g/mol. The SMILES string of the molecule is CCc1c(C)cn2c3c(nc2c1C(=O)COc1ccc2ccccc2c1)CCN=C3c1ccc(OC)c(OC)c1. The van der Waals surface area contributed by atoms with E-state index >= 15 is 0 Å². The van der Waals surface area contributed by atoms with Crippen LogP contribution in [0.2, 0.25) is 0 Å². The molecule has 0 N–H and O–H groups in total. The largest absolute Gasteiger partial charge is 0.493 e. The Morgan fingerprint density at radius 1 is 0.975 bits per heavy atom. The van der Waals surface area contributed by atoms with Gasteiger partial charge < -0.3 is 14.2 Å². The zero-order valence-corrected chi connectivity index (χ0v) is 23.2. The lowest BCUT2D eigenvalue weighted by molar-refractivity contribution is 0.0921. The van der Waals surface area contributed by atoms with Crippen LogP contribution in [0.25, 0.3) is 16.4 Å². The molecule has 7 heteroatoms. The Labute approximate surface area is 233 Å². The fourth-order valence-corrected chi connectivity index (χ4v) is 5.60. The van der Waals surface area contributed by atoms with Gasteiger partial charge in [0.2, 0.25) is 5.78 Å². The van der Waals surface area contributed by atoms with Gasteiger partial charge in [-0.2, -0.15) is 0 Å². The fourth-order valence-electron chi connectivity index (χ4n) is 5.60. The van der Waals surface area contributed by atoms with Crippen LogP contribution in [0.5, 0.6) is 17.2 Å². The van der Waals surface area contributed by atoms with Crippen LogP contribution in [0.1, 0.15) is 45.4 Å². The van der Waals surface area contributed by atoms with E-state index in [-0.39, 0.29) is 12.4 Å². The highest BCUT2D eigenvalue weighted by atomic mass is 16.5. The first kappa shape index (κ1) is 25.6. The van der Waals surface area contributed by atoms with Crippen molar-refractivity contribution in [3.8, 4) is 17.2 Å². The summed E-state index contributed by atoms with van der Waals surface area (Å²) in [6.07, 6.45) is 3.49. The zero-order valence-electron chi connectivity index (χ0n) is 23.2. The normalized spacial score (nSPS) is 12.8. The van der Waals surface area contributed by atoms with Gasteiger partial charge in [-0.3, -0.25) is 14.2 Å². The lowest BCUT2D eigenvalue weighted by Gasteiger charge is -2.17. The Balaban J connectivity index is 1.41. The summed E-state index contributed by atoms with van der Waals surface area (Å²) < 4.78 is 19.0. The summed E-state index contributed by atoms with van der Waals surface area (Å²) in [4.78, 5) is 23.7. The van der Waals surface area contributed by atoms with Crippen molar-refractivity contribution in [3.63, 3.8) is 0 Å². The smallest absolute Gasteiger partial charge is 0.204 e. The number of pyridine rings is 1. The molecule has 6 rings (SSSR count). The molecule has 3 aromatic carbocycles. The van der Waals surface area contributed by atoms with Crippen LogP contribution in [-0.4, -0.2) is 48.3 Å². The minimum atomic E-state index is -0.0920. The molecule has 40 heavy (non-hydrogen) atoms. The number of imidazole rings is 1. The molecule has 0 radical (unpaired) electrons. The van der Waals surface area contributed by atoms with Gasteiger partial charge in [-0.1, -0.05) is 37.3 Å². The number of benzene rings is 3. The fraction of sp³-hybridized carbons (Fsp3) is 0.242. The molecule has 0 spiro atoms. The van der Waals surface area contributed by atoms with Gasteiger partial charge in [0.05, 0.1) is 36.9 Å². The molecule has 0 unspecified atom stereocenters. The standard InChI is InChI=1S/C33H31N3O4/c1-5-25-20(2)18-36-32-26(14-15-34-31(32)23-11-13-28(38-3)29(17-23)39-4)35-33(36)30(25)27(37)19-40-24-12-10-21-8-6-7-9-22(21)16-24/h6-13,16-18H,5,14-15,19H2,1-4H3. The quantitative estimate of drug-likeness (QED) is 0.228. The average molecular weight is 534 g/mol. The summed E-state index contributed by atoms with van der Waals surface area (Å²) in [5.41, 5.74) is 6.85. The van der Waals surface area contributed by atoms with Crippen LogP contribution in [0.3, 0.4) is 0 Å². The molecule has 2 aromatic heterocycles. The van der Waals surface area contributed by atoms with Crippen molar-refractivity contribution >= 4 is 27.9 Å². The van der Waals surface area contributed by atoms with Gasteiger partial charge in [-0.25, -0.2) is 4.98 Å². The summed E-state index contributed by atoms with van der Waals surface area (Å²) in [7, 11) is 3.24. The second-order valence-corrected chi connectivity index (χ2v) is 9.89. The molecule has 1 aliphatic rings. The lowest BCUT2D eigenvalue weighted by atomic mass is 9.98. The van der Waals surface area contributed by atoms with E-state index in [1.807, 2.05) is 65.9 Å². The maximum Gasteiger partial charge on any atom is 0.204 e. The highest BCUT2D eigenvalue weighted by Gasteiger charge is 2.27. The molecule has 0 aliphatic carbocycles. The van der Waals surface area contributed by atoms with Crippen molar-refractivity contribution in [2.75, 3.05) is 27.4 Å². The third-order valence-corrected chi connectivity index (χ3v) is 7.53. The summed E-state index contributed by atoms with van der Waals surface area (Å²) in [5.74, 6) is 1.86. The molecule has 0 fully saturated rings. The molecule has 5 aromatic rings. The number of hydrogen-bond donors (Lipinski definition) is 0. The number of ketones is 1. The average Bonchev–Trinajstić information content (AvgIpc) is 3.36. The van der Waals surface area contributed by atoms with Crippen LogP contribution in [-0.2, 0) is 12.8 Å². The Bertz CT molecular complexity index is 1800. The van der Waals surface area contributed by atoms with E-state index in [2.05, 4.69) is 19.2 Å². The molecule has 0 atom stereocenters. The Hall–Kier alpha value is -4.65. The molecule has 0 saturated carbocycles. The number of aliphatic imine (C=N–C) groups is 1. The van der Waals surface area contributed by atoms with E-state index in [1.54, 1.807) is 14.2 Å². The first-order valence-corrected chi connectivity index (χ1v) is 13.5. The number of carbonyl (C=O) groups excluding carboxylic acids is 1. The first-order valence-electron chi connectivity index (χ1n) is 13.5. The maximum absolute atomic E-state index is 13.8. The Morgan fingerprint density at radius 3 is 2.55 bits per heavy atom. The van der Waals surface area contributed by atoms with Crippen molar-refractivity contribution in [2.24, 2.45) is 4.99 Å². The molecule has 1 aliphatic heterocycles. The van der Waals surface area contributed by atoms with Crippen molar-refractivity contribution in [2.45, 2.75) is 26.7 Å². The molecule has 3 heterocycles. The van der Waals surface area contributed by atoms with E-state index in [0.29, 0.717) is 47.8 Å². The Kier molecular flexibility index (Phi) is 6.72. The number of aromatic nitrogens is 2. The van der Waals surface area contributed by atoms with Crippen LogP contribution >= 0.6 is 0 Å². The number of Topliss-reactive ketones (excluding diaryl/α,β-unsaturated/α-hetero) is 1. The number of hydrogen-bond acceptors (Lipinski definition) is 6. The van der Waals surface area contributed by atoms with Crippen molar-refractivity contribution < 1.29 is 19.0 Å². The van der Waals surface area contributed by atoms with Crippen molar-refractivity contribution in [1.29, 1.82) is 0 Å². The first-order chi connectivity index (χ1) is 19.5. The third kappa shape index (κ3) is 4.37. The van der Waals surface area contributed by atoms with Gasteiger partial charge in [0.25, 0.3) is 0 Å². The van der Waals surface area contributed by atoms with Crippen LogP contribution in [0, 0.1) is 6.92 Å². The van der Waals surface area contributed by atoms with E-state index < -0.39 is 0 Å². The second kappa shape index (κ2) is 10.5. The summed E-state index contributed by atoms with van der Waals surface area (Å²) in [6, 6.07) is 19.8. The van der Waals surface area contributed by atoms with Gasteiger partial charge in [0.15, 0.2) is 18.1 Å². The van der Waals surface area contributed by atoms with Gasteiger partial charge in [0, 0.05) is 24.7 Å². The topological polar surface area (TPSA) is 74.4 Å².